The van der Waals surface area contributed by atoms with Crippen LogP contribution >= 0.6 is 0 Å². The Morgan fingerprint density at radius 1 is 0.667 bits per heavy atom. The zero-order valence-corrected chi connectivity index (χ0v) is 19.7. The van der Waals surface area contributed by atoms with Gasteiger partial charge in [-0.3, -0.25) is 0 Å². The predicted octanol–water partition coefficient (Wildman–Crippen LogP) is 8.01. The van der Waals surface area contributed by atoms with Gasteiger partial charge in [-0.1, -0.05) is 38.8 Å². The number of hydrogen-bond acceptors (Lipinski definition) is 0. The summed E-state index contributed by atoms with van der Waals surface area (Å²) in [5, 5.41) is 0. The second kappa shape index (κ2) is 7.52. The molecular weight excluding hydrogens is 360 g/mol. The van der Waals surface area contributed by atoms with E-state index < -0.39 is 0 Å². The van der Waals surface area contributed by atoms with Gasteiger partial charge < -0.3 is 0 Å². The van der Waals surface area contributed by atoms with Crippen LogP contribution in [0.2, 0.25) is 0 Å². The highest BCUT2D eigenvalue weighted by Gasteiger charge is 2.64. The standard InChI is InChI=1S/C16H26.C12H16.C2H4/c1-3-4-12-9(2)13-8-14(12)16-11-6-5-10(7-11)15(13)16;1-2-8-5-7(1)11-9-3-4-10(6-9)12(8)11;1-2/h9-16H,3-8H2,1-2H3;1-2,7-12H,3-6H2;1-2H2. The van der Waals surface area contributed by atoms with Crippen LogP contribution in [0.5, 0.6) is 0 Å². The van der Waals surface area contributed by atoms with Gasteiger partial charge in [-0.25, -0.2) is 0 Å². The fraction of sp³-hybridized carbons (Fsp3) is 0.867. The summed E-state index contributed by atoms with van der Waals surface area (Å²) >= 11 is 0. The smallest absolute Gasteiger partial charge is 0.0194 e. The average Bonchev–Trinajstić information content (AvgIpc) is 3.61. The molecule has 7 saturated carbocycles. The SMILES string of the molecule is C1=CC2CC1C1C3CCC(C3)C21.C=C.CCCC1C(C)C2CC1C1C3CCC(C3)C21. The van der Waals surface area contributed by atoms with Crippen molar-refractivity contribution in [2.24, 2.45) is 82.9 Å². The van der Waals surface area contributed by atoms with Gasteiger partial charge in [-0.15, -0.1) is 13.2 Å². The molecule has 0 amide bonds. The molecule has 0 aromatic heterocycles. The Labute approximate surface area is 186 Å². The average molecular weight is 407 g/mol. The summed E-state index contributed by atoms with van der Waals surface area (Å²) in [7, 11) is 0. The molecule has 30 heavy (non-hydrogen) atoms. The minimum Gasteiger partial charge on any atom is -0.106 e. The zero-order chi connectivity index (χ0) is 20.6. The van der Waals surface area contributed by atoms with Crippen molar-refractivity contribution in [2.45, 2.75) is 78.1 Å². The van der Waals surface area contributed by atoms with Gasteiger partial charge >= 0.3 is 0 Å². The highest BCUT2D eigenvalue weighted by atomic mass is 14.7. The van der Waals surface area contributed by atoms with Crippen LogP contribution < -0.4 is 0 Å². The first-order chi connectivity index (χ1) is 14.7. The number of fused-ring (bicyclic) bond motifs is 18. The van der Waals surface area contributed by atoms with E-state index in [1.807, 2.05) is 0 Å². The molecule has 0 heteroatoms. The fourth-order valence-corrected chi connectivity index (χ4v) is 11.8. The Bertz CT molecular complexity index is 652. The largest absolute Gasteiger partial charge is 0.106 e. The molecule has 8 aliphatic carbocycles. The molecule has 0 N–H and O–H groups in total. The minimum atomic E-state index is 1.02. The Kier molecular flexibility index (Phi) is 5.04. The molecule has 7 fully saturated rings. The topological polar surface area (TPSA) is 0 Å². The molecule has 0 spiro atoms. The van der Waals surface area contributed by atoms with Crippen LogP contribution in [0, 0.1) is 82.9 Å². The van der Waals surface area contributed by atoms with Crippen LogP contribution in [-0.4, -0.2) is 0 Å². The van der Waals surface area contributed by atoms with Crippen molar-refractivity contribution >= 4 is 0 Å². The van der Waals surface area contributed by atoms with Crippen molar-refractivity contribution in [2.75, 3.05) is 0 Å². The molecule has 0 aromatic rings. The summed E-state index contributed by atoms with van der Waals surface area (Å²) in [4.78, 5) is 0. The molecule has 0 radical (unpaired) electrons. The Morgan fingerprint density at radius 3 is 1.70 bits per heavy atom. The van der Waals surface area contributed by atoms with Crippen LogP contribution in [0.15, 0.2) is 25.3 Å². The van der Waals surface area contributed by atoms with Crippen LogP contribution in [-0.2, 0) is 0 Å². The summed E-state index contributed by atoms with van der Waals surface area (Å²) in [5.74, 6) is 15.9. The molecule has 166 valence electrons. The molecule has 0 aliphatic heterocycles. The summed E-state index contributed by atoms with van der Waals surface area (Å²) in [6.07, 6.45) is 20.8. The maximum atomic E-state index is 3.00. The molecule has 0 heterocycles. The maximum absolute atomic E-state index is 3.00. The number of rotatable bonds is 2. The van der Waals surface area contributed by atoms with Gasteiger partial charge in [0.25, 0.3) is 0 Å². The van der Waals surface area contributed by atoms with Gasteiger partial charge in [-0.2, -0.15) is 0 Å². The maximum Gasteiger partial charge on any atom is -0.0194 e. The van der Waals surface area contributed by atoms with Crippen molar-refractivity contribution in [3.8, 4) is 0 Å². The summed E-state index contributed by atoms with van der Waals surface area (Å²) in [5.41, 5.74) is 0. The number of hydrogen-bond donors (Lipinski definition) is 0. The second-order valence-corrected chi connectivity index (χ2v) is 12.8. The third-order valence-corrected chi connectivity index (χ3v) is 12.3. The van der Waals surface area contributed by atoms with E-state index in [1.165, 1.54) is 48.9 Å². The van der Waals surface area contributed by atoms with Gasteiger partial charge in [0.1, 0.15) is 0 Å². The third kappa shape index (κ3) is 2.64. The molecule has 14 atom stereocenters. The zero-order valence-electron chi connectivity index (χ0n) is 19.7. The van der Waals surface area contributed by atoms with E-state index in [2.05, 4.69) is 39.2 Å². The second-order valence-electron chi connectivity index (χ2n) is 12.8. The number of allylic oxidation sites excluding steroid dienone is 2. The predicted molar refractivity (Wildman–Crippen MR) is 127 cm³/mol. The summed E-state index contributed by atoms with van der Waals surface area (Å²) in [6, 6.07) is 0. The minimum absolute atomic E-state index is 1.02. The lowest BCUT2D eigenvalue weighted by atomic mass is 9.63. The van der Waals surface area contributed by atoms with Gasteiger partial charge in [0.15, 0.2) is 0 Å². The lowest BCUT2D eigenvalue weighted by Gasteiger charge is -2.42. The van der Waals surface area contributed by atoms with E-state index in [1.54, 1.807) is 44.9 Å². The molecule has 8 bridgehead atoms. The monoisotopic (exact) mass is 406 g/mol. The fourth-order valence-electron chi connectivity index (χ4n) is 11.8. The van der Waals surface area contributed by atoms with E-state index in [0.29, 0.717) is 0 Å². The van der Waals surface area contributed by atoms with E-state index in [4.69, 9.17) is 0 Å². The first-order valence-corrected chi connectivity index (χ1v) is 13.9. The lowest BCUT2D eigenvalue weighted by molar-refractivity contribution is 0.0593. The van der Waals surface area contributed by atoms with E-state index >= 15 is 0 Å². The molecule has 0 nitrogen and oxygen atoms in total. The third-order valence-electron chi connectivity index (χ3n) is 12.3. The first-order valence-electron chi connectivity index (χ1n) is 13.9. The van der Waals surface area contributed by atoms with Crippen molar-refractivity contribution in [1.82, 2.24) is 0 Å². The molecule has 0 saturated heterocycles. The van der Waals surface area contributed by atoms with Crippen molar-refractivity contribution in [3.05, 3.63) is 25.3 Å². The Balaban J connectivity index is 0.000000111. The van der Waals surface area contributed by atoms with Crippen molar-refractivity contribution < 1.29 is 0 Å². The van der Waals surface area contributed by atoms with Gasteiger partial charge in [0.2, 0.25) is 0 Å². The van der Waals surface area contributed by atoms with Gasteiger partial charge in [-0.05, 0) is 134 Å². The van der Waals surface area contributed by atoms with Gasteiger partial charge in [0.05, 0.1) is 0 Å². The molecule has 0 aromatic carbocycles. The highest BCUT2D eigenvalue weighted by Crippen LogP contribution is 2.70. The van der Waals surface area contributed by atoms with Gasteiger partial charge in [0, 0.05) is 0 Å². The first kappa shape index (κ1) is 20.1. The van der Waals surface area contributed by atoms with Crippen LogP contribution in [0.4, 0.5) is 0 Å². The molecule has 8 rings (SSSR count). The van der Waals surface area contributed by atoms with Crippen molar-refractivity contribution in [1.29, 1.82) is 0 Å². The lowest BCUT2D eigenvalue weighted by Crippen LogP contribution is -2.37. The van der Waals surface area contributed by atoms with E-state index in [0.717, 1.165) is 53.3 Å². The molecular formula is C30H46. The molecule has 8 aliphatic rings. The van der Waals surface area contributed by atoms with Crippen molar-refractivity contribution in [3.63, 3.8) is 0 Å². The van der Waals surface area contributed by atoms with Crippen LogP contribution in [0.3, 0.4) is 0 Å². The highest BCUT2D eigenvalue weighted by molar-refractivity contribution is 5.19. The van der Waals surface area contributed by atoms with E-state index in [9.17, 15) is 0 Å². The summed E-state index contributed by atoms with van der Waals surface area (Å²) < 4.78 is 0. The summed E-state index contributed by atoms with van der Waals surface area (Å²) in [6.45, 7) is 11.0. The quantitative estimate of drug-likeness (QED) is 0.322. The van der Waals surface area contributed by atoms with Crippen LogP contribution in [0.1, 0.15) is 78.1 Å². The molecule has 14 unspecified atom stereocenters. The Morgan fingerprint density at radius 2 is 1.17 bits per heavy atom. The Hall–Kier alpha value is -0.520. The van der Waals surface area contributed by atoms with E-state index in [-0.39, 0.29) is 0 Å². The normalized spacial score (nSPS) is 59.0. The van der Waals surface area contributed by atoms with Crippen LogP contribution in [0.25, 0.3) is 0 Å².